The molecule has 0 bridgehead atoms. The van der Waals surface area contributed by atoms with Gasteiger partial charge in [-0.05, 0) is 51.1 Å². The Morgan fingerprint density at radius 3 is 2.45 bits per heavy atom. The van der Waals surface area contributed by atoms with Crippen LogP contribution in [0.15, 0.2) is 65.8 Å². The Labute approximate surface area is 187 Å². The molecule has 0 radical (unpaired) electrons. The second-order valence-corrected chi connectivity index (χ2v) is 10.1. The molecule has 7 nitrogen and oxygen atoms in total. The Bertz CT molecular complexity index is 1180. The van der Waals surface area contributed by atoms with Gasteiger partial charge < -0.3 is 9.64 Å². The number of pyridine rings is 1. The molecule has 0 N–H and O–H groups in total. The molecule has 0 aliphatic carbocycles. The lowest BCUT2D eigenvalue weighted by Crippen LogP contribution is -2.42. The van der Waals surface area contributed by atoms with Crippen LogP contribution in [-0.4, -0.2) is 41.0 Å². The van der Waals surface area contributed by atoms with E-state index in [9.17, 15) is 13.2 Å². The van der Waals surface area contributed by atoms with Gasteiger partial charge in [0, 0.05) is 36.1 Å². The van der Waals surface area contributed by atoms with E-state index in [0.29, 0.717) is 16.8 Å². The highest BCUT2D eigenvalue weighted by atomic mass is 35.5. The van der Waals surface area contributed by atoms with Crippen molar-refractivity contribution >= 4 is 27.7 Å². The van der Waals surface area contributed by atoms with Gasteiger partial charge >= 0.3 is 6.09 Å². The van der Waals surface area contributed by atoms with E-state index >= 15 is 0 Å². The predicted octanol–water partition coefficient (Wildman–Crippen LogP) is 4.81. The lowest BCUT2D eigenvalue weighted by atomic mass is 10.1. The number of hydrogen-bond donors (Lipinski definition) is 0. The van der Waals surface area contributed by atoms with Crippen molar-refractivity contribution in [3.8, 4) is 11.3 Å². The lowest BCUT2D eigenvalue weighted by molar-refractivity contribution is 0.0759. The highest BCUT2D eigenvalue weighted by molar-refractivity contribution is 7.90. The minimum Gasteiger partial charge on any atom is -0.444 e. The van der Waals surface area contributed by atoms with E-state index in [1.165, 1.54) is 29.4 Å². The maximum atomic E-state index is 13.3. The molecule has 1 amide bonds. The van der Waals surface area contributed by atoms with Crippen LogP contribution >= 0.6 is 11.6 Å². The van der Waals surface area contributed by atoms with Gasteiger partial charge in [0.2, 0.25) is 0 Å². The molecule has 164 valence electrons. The Balaban J connectivity index is 2.02. The standard InChI is InChI=1S/C22H24ClN3O4S/c1-22(2,3)25(4)21(27)30-15-16-13-19(18-11-8-12-24-20(18)23)26(14-16)31(28,29)17-9-6-5-7-10-17/h5-14H,15H2,1-4H3. The van der Waals surface area contributed by atoms with Crippen molar-refractivity contribution in [1.29, 1.82) is 0 Å². The van der Waals surface area contributed by atoms with E-state index in [1.54, 1.807) is 43.4 Å². The van der Waals surface area contributed by atoms with Crippen molar-refractivity contribution in [1.82, 2.24) is 13.9 Å². The van der Waals surface area contributed by atoms with E-state index in [1.807, 2.05) is 20.8 Å². The molecule has 9 heteroatoms. The lowest BCUT2D eigenvalue weighted by Gasteiger charge is -2.30. The van der Waals surface area contributed by atoms with Crippen LogP contribution in [0.1, 0.15) is 26.3 Å². The van der Waals surface area contributed by atoms with Gasteiger partial charge in [0.15, 0.2) is 0 Å². The minimum absolute atomic E-state index is 0.0958. The van der Waals surface area contributed by atoms with Crippen molar-refractivity contribution < 1.29 is 17.9 Å². The van der Waals surface area contributed by atoms with Crippen LogP contribution in [0.3, 0.4) is 0 Å². The van der Waals surface area contributed by atoms with Gasteiger partial charge in [-0.15, -0.1) is 0 Å². The summed E-state index contributed by atoms with van der Waals surface area (Å²) in [5, 5.41) is 0.168. The first-order chi connectivity index (χ1) is 14.5. The summed E-state index contributed by atoms with van der Waals surface area (Å²) >= 11 is 6.24. The zero-order valence-electron chi connectivity index (χ0n) is 17.7. The molecular formula is C22H24ClN3O4S. The normalized spacial score (nSPS) is 11.9. The van der Waals surface area contributed by atoms with Crippen molar-refractivity contribution in [2.75, 3.05) is 7.05 Å². The van der Waals surface area contributed by atoms with Crippen LogP contribution in [0.2, 0.25) is 5.15 Å². The van der Waals surface area contributed by atoms with Gasteiger partial charge in [-0.25, -0.2) is 22.2 Å². The molecule has 0 aliphatic heterocycles. The Kier molecular flexibility index (Phi) is 6.43. The van der Waals surface area contributed by atoms with E-state index in [2.05, 4.69) is 4.98 Å². The largest absolute Gasteiger partial charge is 0.444 e. The highest BCUT2D eigenvalue weighted by Gasteiger charge is 2.26. The zero-order valence-corrected chi connectivity index (χ0v) is 19.3. The van der Waals surface area contributed by atoms with Crippen molar-refractivity contribution in [3.05, 3.63) is 71.6 Å². The van der Waals surface area contributed by atoms with Crippen molar-refractivity contribution in [2.24, 2.45) is 0 Å². The number of carbonyl (C=O) groups is 1. The number of rotatable bonds is 5. The number of amides is 1. The third-order valence-electron chi connectivity index (χ3n) is 4.82. The first-order valence-corrected chi connectivity index (χ1v) is 11.4. The maximum Gasteiger partial charge on any atom is 0.410 e. The molecule has 31 heavy (non-hydrogen) atoms. The molecule has 0 saturated carbocycles. The Morgan fingerprint density at radius 1 is 1.16 bits per heavy atom. The van der Waals surface area contributed by atoms with Gasteiger partial charge in [0.25, 0.3) is 10.0 Å². The van der Waals surface area contributed by atoms with Gasteiger partial charge in [0.1, 0.15) is 11.8 Å². The molecule has 2 aromatic heterocycles. The number of carbonyl (C=O) groups excluding carboxylic acids is 1. The van der Waals surface area contributed by atoms with E-state index < -0.39 is 21.7 Å². The van der Waals surface area contributed by atoms with Gasteiger partial charge in [-0.2, -0.15) is 0 Å². The number of hydrogen-bond acceptors (Lipinski definition) is 5. The fraction of sp³-hybridized carbons (Fsp3) is 0.273. The monoisotopic (exact) mass is 461 g/mol. The van der Waals surface area contributed by atoms with Crippen LogP contribution < -0.4 is 0 Å². The summed E-state index contributed by atoms with van der Waals surface area (Å²) in [7, 11) is -2.27. The van der Waals surface area contributed by atoms with Gasteiger partial charge in [-0.1, -0.05) is 29.8 Å². The Morgan fingerprint density at radius 2 is 1.84 bits per heavy atom. The fourth-order valence-corrected chi connectivity index (χ4v) is 4.40. The second kappa shape index (κ2) is 8.72. The second-order valence-electron chi connectivity index (χ2n) is 7.97. The van der Waals surface area contributed by atoms with E-state index in [0.717, 1.165) is 3.97 Å². The first kappa shape index (κ1) is 22.8. The summed E-state index contributed by atoms with van der Waals surface area (Å²) < 4.78 is 33.2. The third kappa shape index (κ3) is 4.91. The summed E-state index contributed by atoms with van der Waals surface area (Å²) in [6.45, 7) is 5.57. The van der Waals surface area contributed by atoms with Crippen LogP contribution in [0.25, 0.3) is 11.3 Å². The highest BCUT2D eigenvalue weighted by Crippen LogP contribution is 2.31. The Hall–Kier alpha value is -2.84. The predicted molar refractivity (Wildman–Crippen MR) is 119 cm³/mol. The number of aromatic nitrogens is 2. The number of halogens is 1. The van der Waals surface area contributed by atoms with Crippen LogP contribution in [0.4, 0.5) is 4.79 Å². The average Bonchev–Trinajstić information content (AvgIpc) is 3.16. The van der Waals surface area contributed by atoms with Gasteiger partial charge in [0.05, 0.1) is 10.6 Å². The molecular weight excluding hydrogens is 438 g/mol. The number of ether oxygens (including phenoxy) is 1. The average molecular weight is 462 g/mol. The van der Waals surface area contributed by atoms with Crippen LogP contribution in [0.5, 0.6) is 0 Å². The quantitative estimate of drug-likeness (QED) is 0.509. The van der Waals surface area contributed by atoms with Crippen LogP contribution in [0, 0.1) is 0 Å². The first-order valence-electron chi connectivity index (χ1n) is 9.55. The van der Waals surface area contributed by atoms with Crippen molar-refractivity contribution in [2.45, 2.75) is 37.8 Å². The summed E-state index contributed by atoms with van der Waals surface area (Å²) in [6, 6.07) is 13.1. The summed E-state index contributed by atoms with van der Waals surface area (Å²) in [5.74, 6) is 0. The van der Waals surface area contributed by atoms with E-state index in [-0.39, 0.29) is 16.7 Å². The molecule has 3 aromatic rings. The molecule has 0 saturated heterocycles. The van der Waals surface area contributed by atoms with E-state index in [4.69, 9.17) is 16.3 Å². The van der Waals surface area contributed by atoms with Crippen molar-refractivity contribution in [3.63, 3.8) is 0 Å². The molecule has 0 unspecified atom stereocenters. The van der Waals surface area contributed by atoms with Gasteiger partial charge in [-0.3, -0.25) is 0 Å². The molecule has 0 spiro atoms. The summed E-state index contributed by atoms with van der Waals surface area (Å²) in [4.78, 5) is 18.0. The zero-order chi connectivity index (χ0) is 22.8. The van der Waals surface area contributed by atoms with Crippen LogP contribution in [-0.2, 0) is 21.4 Å². The SMILES string of the molecule is CN(C(=O)OCc1cc(-c2cccnc2Cl)n(S(=O)(=O)c2ccccc2)c1)C(C)(C)C. The molecule has 0 aliphatic rings. The topological polar surface area (TPSA) is 81.5 Å². The molecule has 3 rings (SSSR count). The minimum atomic E-state index is -3.91. The molecule has 2 heterocycles. The molecule has 0 fully saturated rings. The smallest absolute Gasteiger partial charge is 0.410 e. The third-order valence-corrected chi connectivity index (χ3v) is 6.81. The summed E-state index contributed by atoms with van der Waals surface area (Å²) in [5.41, 5.74) is 0.879. The summed E-state index contributed by atoms with van der Waals surface area (Å²) in [6.07, 6.45) is 2.45. The number of benzene rings is 1. The molecule has 0 atom stereocenters. The molecule has 1 aromatic carbocycles. The number of nitrogens with zero attached hydrogens (tertiary/aromatic N) is 3. The maximum absolute atomic E-state index is 13.3. The fourth-order valence-electron chi connectivity index (χ4n) is 2.77.